The first-order chi connectivity index (χ1) is 12.6. The highest BCUT2D eigenvalue weighted by Crippen LogP contribution is 2.38. The Morgan fingerprint density at radius 2 is 1.67 bits per heavy atom. The number of rotatable bonds is 17. The van der Waals surface area contributed by atoms with Crippen LogP contribution in [0.25, 0.3) is 0 Å². The third-order valence-corrected chi connectivity index (χ3v) is 4.88. The molecule has 0 aliphatic carbocycles. The van der Waals surface area contributed by atoms with Gasteiger partial charge in [-0.05, 0) is 6.42 Å². The van der Waals surface area contributed by atoms with Crippen LogP contribution < -0.4 is 4.89 Å². The van der Waals surface area contributed by atoms with Crippen molar-refractivity contribution in [3.63, 3.8) is 0 Å². The smallest absolute Gasteiger partial charge is 0.306 e. The molecule has 0 rings (SSSR count). The van der Waals surface area contributed by atoms with Gasteiger partial charge < -0.3 is 28.3 Å². The van der Waals surface area contributed by atoms with E-state index in [0.29, 0.717) is 11.0 Å². The van der Waals surface area contributed by atoms with Crippen molar-refractivity contribution in [2.75, 3.05) is 47.5 Å². The Hall–Kier alpha value is -0.500. The minimum atomic E-state index is -4.49. The standard InChI is InChI=1S/C18H38NO7P/c1-5-6-7-8-9-10-11-12-18(21)26-17(15-20)16-25-27(22,23)24-14-13-19(2,3)4/h17,20H,5-16H2,1-4H3/t17-/m0/s1. The lowest BCUT2D eigenvalue weighted by Gasteiger charge is -2.28. The van der Waals surface area contributed by atoms with Crippen LogP contribution in [-0.4, -0.2) is 69.2 Å². The van der Waals surface area contributed by atoms with E-state index in [2.05, 4.69) is 6.92 Å². The van der Waals surface area contributed by atoms with E-state index < -0.39 is 33.1 Å². The number of nitrogens with zero attached hydrogens (tertiary/aromatic N) is 1. The highest BCUT2D eigenvalue weighted by Gasteiger charge is 2.19. The molecule has 0 fully saturated rings. The SMILES string of the molecule is CCCCCCCCCC(=O)O[C@@H](CO)COP(=O)([O-])OCC[N+](C)(C)C. The van der Waals surface area contributed by atoms with Crippen LogP contribution in [0.2, 0.25) is 0 Å². The van der Waals surface area contributed by atoms with E-state index >= 15 is 0 Å². The molecule has 0 radical (unpaired) electrons. The summed E-state index contributed by atoms with van der Waals surface area (Å²) >= 11 is 0. The topological polar surface area (TPSA) is 105 Å². The van der Waals surface area contributed by atoms with Gasteiger partial charge in [-0.15, -0.1) is 0 Å². The Bertz CT molecular complexity index is 440. The lowest BCUT2D eigenvalue weighted by molar-refractivity contribution is -0.870. The number of esters is 1. The summed E-state index contributed by atoms with van der Waals surface area (Å²) < 4.78 is 26.8. The first-order valence-corrected chi connectivity index (χ1v) is 11.3. The van der Waals surface area contributed by atoms with Crippen LogP contribution in [0.1, 0.15) is 58.3 Å². The van der Waals surface area contributed by atoms with Crippen molar-refractivity contribution >= 4 is 13.8 Å². The molecule has 0 aromatic rings. The normalized spacial score (nSPS) is 15.3. The fraction of sp³-hybridized carbons (Fsp3) is 0.944. The Balaban J connectivity index is 3.98. The quantitative estimate of drug-likeness (QED) is 0.169. The van der Waals surface area contributed by atoms with Crippen molar-refractivity contribution in [3.05, 3.63) is 0 Å². The van der Waals surface area contributed by atoms with Gasteiger partial charge in [-0.1, -0.05) is 45.4 Å². The van der Waals surface area contributed by atoms with Gasteiger partial charge in [-0.3, -0.25) is 9.36 Å². The highest BCUT2D eigenvalue weighted by atomic mass is 31.2. The first kappa shape index (κ1) is 26.5. The third kappa shape index (κ3) is 17.3. The summed E-state index contributed by atoms with van der Waals surface area (Å²) in [6, 6.07) is 0. The summed E-state index contributed by atoms with van der Waals surface area (Å²) in [4.78, 5) is 23.5. The van der Waals surface area contributed by atoms with E-state index in [1.165, 1.54) is 25.7 Å². The first-order valence-electron chi connectivity index (χ1n) is 9.80. The second kappa shape index (κ2) is 14.5. The van der Waals surface area contributed by atoms with Crippen LogP contribution in [0.4, 0.5) is 0 Å². The minimum Gasteiger partial charge on any atom is -0.756 e. The van der Waals surface area contributed by atoms with Gasteiger partial charge >= 0.3 is 5.97 Å². The molecule has 1 unspecified atom stereocenters. The summed E-state index contributed by atoms with van der Waals surface area (Å²) in [5, 5.41) is 9.25. The van der Waals surface area contributed by atoms with Crippen molar-refractivity contribution in [3.8, 4) is 0 Å². The largest absolute Gasteiger partial charge is 0.756 e. The van der Waals surface area contributed by atoms with Crippen molar-refractivity contribution in [1.29, 1.82) is 0 Å². The van der Waals surface area contributed by atoms with Crippen molar-refractivity contribution in [2.45, 2.75) is 64.4 Å². The lowest BCUT2D eigenvalue weighted by atomic mass is 10.1. The molecule has 1 N–H and O–H groups in total. The maximum Gasteiger partial charge on any atom is 0.306 e. The molecule has 8 nitrogen and oxygen atoms in total. The Morgan fingerprint density at radius 1 is 1.07 bits per heavy atom. The van der Waals surface area contributed by atoms with E-state index in [9.17, 15) is 19.4 Å². The molecular formula is C18H38NO7P. The monoisotopic (exact) mass is 411 g/mol. The van der Waals surface area contributed by atoms with Gasteiger partial charge in [0.1, 0.15) is 19.3 Å². The number of unbranched alkanes of at least 4 members (excludes halogenated alkanes) is 6. The summed E-state index contributed by atoms with van der Waals surface area (Å²) in [7, 11) is 1.24. The number of hydrogen-bond donors (Lipinski definition) is 1. The molecule has 0 bridgehead atoms. The summed E-state index contributed by atoms with van der Waals surface area (Å²) in [6.45, 7) is 1.69. The summed E-state index contributed by atoms with van der Waals surface area (Å²) in [5.74, 6) is -0.460. The molecule has 0 saturated carbocycles. The molecule has 2 atom stereocenters. The zero-order chi connectivity index (χ0) is 20.8. The van der Waals surface area contributed by atoms with Crippen LogP contribution in [0.3, 0.4) is 0 Å². The second-order valence-corrected chi connectivity index (χ2v) is 9.17. The number of carbonyl (C=O) groups excluding carboxylic acids is 1. The summed E-state index contributed by atoms with van der Waals surface area (Å²) in [5.41, 5.74) is 0. The zero-order valence-corrected chi connectivity index (χ0v) is 18.2. The van der Waals surface area contributed by atoms with E-state index in [0.717, 1.165) is 19.3 Å². The van der Waals surface area contributed by atoms with E-state index in [4.69, 9.17) is 13.8 Å². The fourth-order valence-corrected chi connectivity index (χ4v) is 2.96. The van der Waals surface area contributed by atoms with Gasteiger partial charge in [0.25, 0.3) is 7.82 Å². The molecule has 0 aromatic carbocycles. The number of aliphatic hydroxyl groups excluding tert-OH is 1. The molecule has 0 heterocycles. The average molecular weight is 411 g/mol. The lowest BCUT2D eigenvalue weighted by Crippen LogP contribution is -2.37. The zero-order valence-electron chi connectivity index (χ0n) is 17.4. The van der Waals surface area contributed by atoms with Crippen molar-refractivity contribution in [1.82, 2.24) is 0 Å². The van der Waals surface area contributed by atoms with Gasteiger partial charge in [0.2, 0.25) is 0 Å². The number of hydrogen-bond acceptors (Lipinski definition) is 7. The maximum absolute atomic E-state index is 11.8. The molecule has 162 valence electrons. The van der Waals surface area contributed by atoms with Crippen LogP contribution >= 0.6 is 7.82 Å². The molecule has 0 aromatic heterocycles. The highest BCUT2D eigenvalue weighted by molar-refractivity contribution is 7.45. The summed E-state index contributed by atoms with van der Waals surface area (Å²) in [6.07, 6.45) is 6.82. The predicted octanol–water partition coefficient (Wildman–Crippen LogP) is 2.24. The van der Waals surface area contributed by atoms with Crippen LogP contribution in [0.5, 0.6) is 0 Å². The Morgan fingerprint density at radius 3 is 2.22 bits per heavy atom. The molecule has 9 heteroatoms. The van der Waals surface area contributed by atoms with Gasteiger partial charge in [-0.2, -0.15) is 0 Å². The van der Waals surface area contributed by atoms with Gasteiger partial charge in [0, 0.05) is 6.42 Å². The molecule has 27 heavy (non-hydrogen) atoms. The Labute approximate surface area is 164 Å². The van der Waals surface area contributed by atoms with E-state index in [1.807, 2.05) is 21.1 Å². The molecule has 0 saturated heterocycles. The Kier molecular flexibility index (Phi) is 14.2. The van der Waals surface area contributed by atoms with E-state index in [-0.39, 0.29) is 13.0 Å². The number of aliphatic hydroxyl groups is 1. The number of ether oxygens (including phenoxy) is 1. The number of quaternary nitrogens is 1. The van der Waals surface area contributed by atoms with Crippen molar-refractivity contribution < 1.29 is 37.6 Å². The van der Waals surface area contributed by atoms with Crippen LogP contribution in [0, 0.1) is 0 Å². The minimum absolute atomic E-state index is 0.00782. The van der Waals surface area contributed by atoms with Crippen LogP contribution in [-0.2, 0) is 23.1 Å². The fourth-order valence-electron chi connectivity index (χ4n) is 2.23. The number of likely N-dealkylation sites (N-methyl/N-ethyl adjacent to an activating group) is 1. The molecule has 0 spiro atoms. The number of phosphoric acid groups is 1. The second-order valence-electron chi connectivity index (χ2n) is 7.76. The molecule has 0 aliphatic heterocycles. The molecule has 0 amide bonds. The number of phosphoric ester groups is 1. The van der Waals surface area contributed by atoms with E-state index in [1.54, 1.807) is 0 Å². The predicted molar refractivity (Wildman–Crippen MR) is 102 cm³/mol. The van der Waals surface area contributed by atoms with Gasteiger partial charge in [-0.25, -0.2) is 0 Å². The average Bonchev–Trinajstić information content (AvgIpc) is 2.56. The molecule has 0 aliphatic rings. The van der Waals surface area contributed by atoms with Gasteiger partial charge in [0.15, 0.2) is 0 Å². The maximum atomic E-state index is 11.8. The van der Waals surface area contributed by atoms with Crippen molar-refractivity contribution in [2.24, 2.45) is 0 Å². The van der Waals surface area contributed by atoms with Crippen LogP contribution in [0.15, 0.2) is 0 Å². The third-order valence-electron chi connectivity index (χ3n) is 3.92. The number of carbonyl (C=O) groups is 1. The van der Waals surface area contributed by atoms with Gasteiger partial charge in [0.05, 0.1) is 34.4 Å². The molecular weight excluding hydrogens is 373 g/mol.